The number of ether oxygens (including phenoxy) is 2. The number of methoxy groups -OCH3 is 1. The third-order valence-corrected chi connectivity index (χ3v) is 6.15. The topological polar surface area (TPSA) is 196 Å². The Morgan fingerprint density at radius 1 is 1.38 bits per heavy atom. The first-order valence-electron chi connectivity index (χ1n) is 10.4. The van der Waals surface area contributed by atoms with Crippen LogP contribution in [0.5, 0.6) is 0 Å². The minimum atomic E-state index is -2.12. The molecule has 1 aromatic heterocycles. The van der Waals surface area contributed by atoms with Crippen molar-refractivity contribution in [3.8, 4) is 0 Å². The molecule has 1 amide bonds. The first-order valence-corrected chi connectivity index (χ1v) is 10.4. The van der Waals surface area contributed by atoms with Gasteiger partial charge in [0.2, 0.25) is 5.91 Å². The molecule has 0 aromatic carbocycles. The van der Waals surface area contributed by atoms with E-state index in [-0.39, 0.29) is 5.69 Å². The van der Waals surface area contributed by atoms with Crippen molar-refractivity contribution in [3.63, 3.8) is 0 Å². The van der Waals surface area contributed by atoms with Gasteiger partial charge in [0.15, 0.2) is 0 Å². The van der Waals surface area contributed by atoms with Gasteiger partial charge in [0, 0.05) is 13.3 Å². The highest BCUT2D eigenvalue weighted by atomic mass is 16.6. The molecule has 180 valence electrons. The van der Waals surface area contributed by atoms with E-state index in [2.05, 4.69) is 15.6 Å². The largest absolute Gasteiger partial charge is 0.465 e. The SMILES string of the molecule is COC(=O)[C@@]1(n2cc(C3(O)CCCC3)nn2)C[C@H](O)[C@@H](NC(C)=O)[C@H]([C@H](O)[C@H](O)CO)O1. The molecule has 0 radical (unpaired) electrons. The van der Waals surface area contributed by atoms with Crippen molar-refractivity contribution in [2.45, 2.75) is 80.8 Å². The van der Waals surface area contributed by atoms with Crippen LogP contribution in [-0.4, -0.2) is 96.6 Å². The molecule has 2 aliphatic rings. The summed E-state index contributed by atoms with van der Waals surface area (Å²) in [5.41, 5.74) is -3.12. The molecule has 0 spiro atoms. The summed E-state index contributed by atoms with van der Waals surface area (Å²) < 4.78 is 11.8. The number of rotatable bonds is 7. The molecule has 0 bridgehead atoms. The fourth-order valence-corrected chi connectivity index (χ4v) is 4.40. The van der Waals surface area contributed by atoms with Crippen LogP contribution >= 0.6 is 0 Å². The lowest BCUT2D eigenvalue weighted by atomic mass is 9.87. The zero-order valence-electron chi connectivity index (χ0n) is 17.9. The third-order valence-electron chi connectivity index (χ3n) is 6.15. The van der Waals surface area contributed by atoms with E-state index in [9.17, 15) is 35.1 Å². The fraction of sp³-hybridized carbons (Fsp3) is 0.789. The van der Waals surface area contributed by atoms with Crippen LogP contribution in [0.15, 0.2) is 6.20 Å². The van der Waals surface area contributed by atoms with Gasteiger partial charge in [-0.3, -0.25) is 4.79 Å². The van der Waals surface area contributed by atoms with Gasteiger partial charge in [-0.15, -0.1) is 5.10 Å². The van der Waals surface area contributed by atoms with E-state index < -0.39 is 66.7 Å². The number of esters is 1. The van der Waals surface area contributed by atoms with Gasteiger partial charge in [0.25, 0.3) is 5.72 Å². The van der Waals surface area contributed by atoms with Crippen LogP contribution in [0.2, 0.25) is 0 Å². The maximum absolute atomic E-state index is 12.9. The minimum absolute atomic E-state index is 0.216. The van der Waals surface area contributed by atoms with Crippen LogP contribution in [0.25, 0.3) is 0 Å². The van der Waals surface area contributed by atoms with E-state index in [4.69, 9.17) is 9.47 Å². The van der Waals surface area contributed by atoms with Crippen molar-refractivity contribution in [3.05, 3.63) is 11.9 Å². The number of carbonyl (C=O) groups excluding carboxylic acids is 2. The van der Waals surface area contributed by atoms with Gasteiger partial charge in [-0.1, -0.05) is 18.1 Å². The Kier molecular flexibility index (Phi) is 7.17. The second-order valence-electron chi connectivity index (χ2n) is 8.38. The number of aromatic nitrogens is 3. The number of hydrogen-bond donors (Lipinski definition) is 6. The maximum atomic E-state index is 12.9. The van der Waals surface area contributed by atoms with Crippen molar-refractivity contribution >= 4 is 11.9 Å². The van der Waals surface area contributed by atoms with Crippen LogP contribution in [0.3, 0.4) is 0 Å². The maximum Gasteiger partial charge on any atom is 0.361 e. The number of aliphatic hydroxyl groups excluding tert-OH is 4. The number of hydrogen-bond acceptors (Lipinski definition) is 11. The van der Waals surface area contributed by atoms with Crippen LogP contribution in [0.4, 0.5) is 0 Å². The second-order valence-corrected chi connectivity index (χ2v) is 8.38. The predicted molar refractivity (Wildman–Crippen MR) is 105 cm³/mol. The number of aliphatic hydroxyl groups is 5. The quantitative estimate of drug-likeness (QED) is 0.231. The first-order chi connectivity index (χ1) is 15.1. The van der Waals surface area contributed by atoms with Crippen molar-refractivity contribution in [2.75, 3.05) is 13.7 Å². The molecule has 1 saturated carbocycles. The van der Waals surface area contributed by atoms with Crippen molar-refractivity contribution < 1.29 is 44.6 Å². The van der Waals surface area contributed by atoms with Gasteiger partial charge < -0.3 is 40.3 Å². The molecule has 6 atom stereocenters. The normalized spacial score (nSPS) is 31.7. The fourth-order valence-electron chi connectivity index (χ4n) is 4.40. The average Bonchev–Trinajstić information content (AvgIpc) is 3.43. The Labute approximate surface area is 183 Å². The molecule has 13 nitrogen and oxygen atoms in total. The Morgan fingerprint density at radius 2 is 2.03 bits per heavy atom. The smallest absolute Gasteiger partial charge is 0.361 e. The van der Waals surface area contributed by atoms with Crippen LogP contribution in [-0.2, 0) is 30.4 Å². The molecule has 2 heterocycles. The summed E-state index contributed by atoms with van der Waals surface area (Å²) in [4.78, 5) is 24.5. The third kappa shape index (κ3) is 4.36. The zero-order valence-corrected chi connectivity index (χ0v) is 17.9. The minimum Gasteiger partial charge on any atom is -0.465 e. The molecule has 13 heteroatoms. The van der Waals surface area contributed by atoms with E-state index in [0.717, 1.165) is 24.6 Å². The summed E-state index contributed by atoms with van der Waals surface area (Å²) in [6.07, 6.45) is -3.06. The van der Waals surface area contributed by atoms with Crippen molar-refractivity contribution in [2.24, 2.45) is 0 Å². The molecule has 1 aliphatic carbocycles. The number of nitrogens with zero attached hydrogens (tertiary/aromatic N) is 3. The van der Waals surface area contributed by atoms with E-state index in [0.29, 0.717) is 12.8 Å². The molecule has 3 rings (SSSR count). The molecule has 1 aromatic rings. The standard InChI is InChI=1S/C19H30N4O9/c1-10(25)20-14-11(26)7-19(17(29)31-2,32-16(14)15(28)12(27)9-24)23-8-13(21-22-23)18(30)5-3-4-6-18/h8,11-12,14-16,24,26-28,30H,3-7,9H2,1-2H3,(H,20,25)/t11-,12+,14+,15+,16+,19+/m0/s1. The van der Waals surface area contributed by atoms with E-state index in [1.807, 2.05) is 0 Å². The highest BCUT2D eigenvalue weighted by Crippen LogP contribution is 2.40. The Balaban J connectivity index is 2.04. The van der Waals surface area contributed by atoms with E-state index in [1.54, 1.807) is 0 Å². The Hall–Kier alpha value is -2.16. The summed E-state index contributed by atoms with van der Waals surface area (Å²) in [5, 5.41) is 61.8. The summed E-state index contributed by atoms with van der Waals surface area (Å²) in [7, 11) is 1.09. The van der Waals surface area contributed by atoms with Crippen LogP contribution in [0, 0.1) is 0 Å². The Morgan fingerprint density at radius 3 is 2.59 bits per heavy atom. The lowest BCUT2D eigenvalue weighted by Gasteiger charge is -2.47. The number of amides is 1. The number of nitrogens with one attached hydrogen (secondary N) is 1. The molecule has 32 heavy (non-hydrogen) atoms. The van der Waals surface area contributed by atoms with E-state index >= 15 is 0 Å². The molecule has 0 unspecified atom stereocenters. The summed E-state index contributed by atoms with van der Waals surface area (Å²) in [6, 6.07) is -1.22. The second kappa shape index (κ2) is 9.37. The van der Waals surface area contributed by atoms with E-state index in [1.165, 1.54) is 13.1 Å². The molecular weight excluding hydrogens is 428 g/mol. The predicted octanol–water partition coefficient (Wildman–Crippen LogP) is -2.77. The molecule has 6 N–H and O–H groups in total. The lowest BCUT2D eigenvalue weighted by molar-refractivity contribution is -0.260. The van der Waals surface area contributed by atoms with Crippen LogP contribution < -0.4 is 5.32 Å². The van der Waals surface area contributed by atoms with Gasteiger partial charge in [-0.05, 0) is 12.8 Å². The first kappa shape index (κ1) is 24.5. The summed E-state index contributed by atoms with van der Waals surface area (Å²) >= 11 is 0. The highest BCUT2D eigenvalue weighted by Gasteiger charge is 2.57. The monoisotopic (exact) mass is 458 g/mol. The van der Waals surface area contributed by atoms with Crippen molar-refractivity contribution in [1.29, 1.82) is 0 Å². The number of carbonyl (C=O) groups is 2. The lowest BCUT2D eigenvalue weighted by Crippen LogP contribution is -2.67. The van der Waals surface area contributed by atoms with Gasteiger partial charge in [0.05, 0.1) is 32.1 Å². The van der Waals surface area contributed by atoms with Crippen LogP contribution in [0.1, 0.15) is 44.7 Å². The summed E-state index contributed by atoms with van der Waals surface area (Å²) in [5.74, 6) is -1.53. The average molecular weight is 458 g/mol. The van der Waals surface area contributed by atoms with Crippen molar-refractivity contribution in [1.82, 2.24) is 20.3 Å². The molecular formula is C19H30N4O9. The Bertz CT molecular complexity index is 827. The summed E-state index contributed by atoms with van der Waals surface area (Å²) in [6.45, 7) is 0.350. The van der Waals surface area contributed by atoms with Gasteiger partial charge in [0.1, 0.15) is 29.6 Å². The van der Waals surface area contributed by atoms with Gasteiger partial charge in [-0.2, -0.15) is 0 Å². The highest BCUT2D eigenvalue weighted by molar-refractivity contribution is 5.77. The zero-order chi connectivity index (χ0) is 23.7. The van der Waals surface area contributed by atoms with Gasteiger partial charge in [-0.25, -0.2) is 9.48 Å². The molecule has 1 saturated heterocycles. The molecule has 2 fully saturated rings. The molecule has 1 aliphatic heterocycles. The van der Waals surface area contributed by atoms with Gasteiger partial charge >= 0.3 is 5.97 Å².